The van der Waals surface area contributed by atoms with Crippen molar-refractivity contribution in [1.82, 2.24) is 4.90 Å². The molecule has 0 spiro atoms. The second kappa shape index (κ2) is 4.98. The van der Waals surface area contributed by atoms with Crippen molar-refractivity contribution in [3.63, 3.8) is 0 Å². The van der Waals surface area contributed by atoms with Gasteiger partial charge in [0.25, 0.3) is 0 Å². The Morgan fingerprint density at radius 3 is 2.72 bits per heavy atom. The molecular weight excluding hydrogens is 230 g/mol. The van der Waals surface area contributed by atoms with Crippen LogP contribution in [0.4, 0.5) is 4.79 Å². The van der Waals surface area contributed by atoms with E-state index in [1.54, 1.807) is 4.90 Å². The van der Waals surface area contributed by atoms with E-state index < -0.39 is 0 Å². The number of rotatable bonds is 2. The number of cyclic esters (lactones) is 1. The molecule has 0 aliphatic carbocycles. The average Bonchev–Trinajstić information content (AvgIpc) is 2.86. The second-order valence-electron chi connectivity index (χ2n) is 4.73. The zero-order valence-electron chi connectivity index (χ0n) is 10.2. The van der Waals surface area contributed by atoms with Crippen LogP contribution in [0.25, 0.3) is 0 Å². The van der Waals surface area contributed by atoms with Gasteiger partial charge in [-0.05, 0) is 24.8 Å². The highest BCUT2D eigenvalue weighted by molar-refractivity contribution is 5.69. The van der Waals surface area contributed by atoms with E-state index in [1.807, 2.05) is 18.2 Å². The summed E-state index contributed by atoms with van der Waals surface area (Å²) >= 11 is 0. The number of carbonyl (C=O) groups is 1. The molecule has 2 aliphatic heterocycles. The Morgan fingerprint density at radius 2 is 2.00 bits per heavy atom. The van der Waals surface area contributed by atoms with E-state index in [9.17, 15) is 4.79 Å². The maximum absolute atomic E-state index is 11.5. The molecule has 18 heavy (non-hydrogen) atoms. The van der Waals surface area contributed by atoms with Crippen LogP contribution >= 0.6 is 0 Å². The first-order valence-corrected chi connectivity index (χ1v) is 6.48. The molecule has 0 saturated carbocycles. The van der Waals surface area contributed by atoms with Gasteiger partial charge < -0.3 is 9.47 Å². The molecule has 2 unspecified atom stereocenters. The largest absolute Gasteiger partial charge is 0.447 e. The van der Waals surface area contributed by atoms with E-state index in [2.05, 4.69) is 12.1 Å². The molecule has 0 N–H and O–H groups in total. The number of hydrogen-bond donors (Lipinski definition) is 0. The van der Waals surface area contributed by atoms with Crippen molar-refractivity contribution in [2.75, 3.05) is 13.2 Å². The molecule has 1 amide bonds. The van der Waals surface area contributed by atoms with Crippen LogP contribution in [0.3, 0.4) is 0 Å². The molecule has 0 aromatic heterocycles. The summed E-state index contributed by atoms with van der Waals surface area (Å²) in [5.74, 6) is 0. The number of carbonyl (C=O) groups excluding carboxylic acids is 1. The van der Waals surface area contributed by atoms with Crippen molar-refractivity contribution in [1.29, 1.82) is 0 Å². The Kier molecular flexibility index (Phi) is 3.19. The van der Waals surface area contributed by atoms with Crippen LogP contribution in [0.15, 0.2) is 30.3 Å². The molecule has 96 valence electrons. The number of hydrogen-bond acceptors (Lipinski definition) is 3. The molecule has 4 nitrogen and oxygen atoms in total. The fourth-order valence-electron chi connectivity index (χ4n) is 2.61. The van der Waals surface area contributed by atoms with Crippen LogP contribution in [0.5, 0.6) is 0 Å². The van der Waals surface area contributed by atoms with Gasteiger partial charge in [-0.15, -0.1) is 0 Å². The Labute approximate surface area is 106 Å². The van der Waals surface area contributed by atoms with Gasteiger partial charge in [0, 0.05) is 0 Å². The summed E-state index contributed by atoms with van der Waals surface area (Å²) in [4.78, 5) is 13.2. The van der Waals surface area contributed by atoms with Gasteiger partial charge in [-0.2, -0.15) is 0 Å². The fourth-order valence-corrected chi connectivity index (χ4v) is 2.61. The molecule has 0 bridgehead atoms. The van der Waals surface area contributed by atoms with Crippen LogP contribution in [-0.4, -0.2) is 30.4 Å². The van der Waals surface area contributed by atoms with E-state index in [0.29, 0.717) is 13.2 Å². The van der Waals surface area contributed by atoms with Crippen molar-refractivity contribution in [3.05, 3.63) is 35.9 Å². The molecule has 2 saturated heterocycles. The van der Waals surface area contributed by atoms with Gasteiger partial charge in [0.1, 0.15) is 12.8 Å². The maximum atomic E-state index is 11.5. The van der Waals surface area contributed by atoms with Crippen molar-refractivity contribution < 1.29 is 14.3 Å². The maximum Gasteiger partial charge on any atom is 0.412 e. The highest BCUT2D eigenvalue weighted by atomic mass is 16.6. The lowest BCUT2D eigenvalue weighted by Crippen LogP contribution is -2.40. The molecule has 2 atom stereocenters. The smallest absolute Gasteiger partial charge is 0.412 e. The van der Waals surface area contributed by atoms with Gasteiger partial charge in [0.15, 0.2) is 0 Å². The van der Waals surface area contributed by atoms with E-state index >= 15 is 0 Å². The summed E-state index contributed by atoms with van der Waals surface area (Å²) in [6.07, 6.45) is 2.72. The normalized spacial score (nSPS) is 28.2. The highest BCUT2D eigenvalue weighted by Gasteiger charge is 2.34. The summed E-state index contributed by atoms with van der Waals surface area (Å²) < 4.78 is 11.0. The van der Waals surface area contributed by atoms with E-state index in [-0.39, 0.29) is 18.4 Å². The number of benzene rings is 1. The van der Waals surface area contributed by atoms with E-state index in [4.69, 9.17) is 9.47 Å². The topological polar surface area (TPSA) is 38.8 Å². The van der Waals surface area contributed by atoms with Gasteiger partial charge in [-0.25, -0.2) is 4.79 Å². The standard InChI is InChI=1S/C14H17NO3/c16-14-15(9-10-17-14)13-8-4-7-12(18-13)11-5-2-1-3-6-11/h1-3,5-6,12-13H,4,7-10H2. The number of ether oxygens (including phenoxy) is 2. The van der Waals surface area contributed by atoms with Crippen molar-refractivity contribution in [3.8, 4) is 0 Å². The van der Waals surface area contributed by atoms with Crippen molar-refractivity contribution >= 4 is 6.09 Å². The Hall–Kier alpha value is -1.55. The first-order chi connectivity index (χ1) is 8.84. The van der Waals surface area contributed by atoms with E-state index in [1.165, 1.54) is 5.56 Å². The van der Waals surface area contributed by atoms with Crippen LogP contribution in [0, 0.1) is 0 Å². The Balaban J connectivity index is 1.70. The molecule has 3 rings (SSSR count). The predicted octanol–water partition coefficient (Wildman–Crippen LogP) is 2.71. The molecule has 1 aromatic carbocycles. The van der Waals surface area contributed by atoms with Crippen molar-refractivity contribution in [2.24, 2.45) is 0 Å². The SMILES string of the molecule is O=C1OCCN1C1CCCC(c2ccccc2)O1. The van der Waals surface area contributed by atoms with Crippen molar-refractivity contribution in [2.45, 2.75) is 31.6 Å². The zero-order valence-corrected chi connectivity index (χ0v) is 10.2. The molecule has 2 fully saturated rings. The van der Waals surface area contributed by atoms with Crippen LogP contribution in [0.1, 0.15) is 30.9 Å². The lowest BCUT2D eigenvalue weighted by Gasteiger charge is -2.34. The zero-order chi connectivity index (χ0) is 12.4. The Morgan fingerprint density at radius 1 is 1.17 bits per heavy atom. The minimum atomic E-state index is -0.242. The Bertz CT molecular complexity index is 420. The first kappa shape index (κ1) is 11.5. The average molecular weight is 247 g/mol. The quantitative estimate of drug-likeness (QED) is 0.806. The van der Waals surface area contributed by atoms with Crippen LogP contribution in [-0.2, 0) is 9.47 Å². The van der Waals surface area contributed by atoms with Crippen LogP contribution < -0.4 is 0 Å². The highest BCUT2D eigenvalue weighted by Crippen LogP contribution is 2.33. The number of amides is 1. The molecule has 0 radical (unpaired) electrons. The third kappa shape index (κ3) is 2.20. The summed E-state index contributed by atoms with van der Waals surface area (Å²) in [6, 6.07) is 10.2. The third-order valence-electron chi connectivity index (χ3n) is 3.55. The lowest BCUT2D eigenvalue weighted by molar-refractivity contribution is -0.110. The number of nitrogens with zero attached hydrogens (tertiary/aromatic N) is 1. The van der Waals surface area contributed by atoms with Gasteiger partial charge in [-0.1, -0.05) is 30.3 Å². The van der Waals surface area contributed by atoms with Gasteiger partial charge in [0.2, 0.25) is 0 Å². The lowest BCUT2D eigenvalue weighted by atomic mass is 10.0. The van der Waals surface area contributed by atoms with Gasteiger partial charge in [-0.3, -0.25) is 4.90 Å². The summed E-state index contributed by atoms with van der Waals surface area (Å²) in [5.41, 5.74) is 1.19. The summed E-state index contributed by atoms with van der Waals surface area (Å²) in [6.45, 7) is 1.12. The fraction of sp³-hybridized carbons (Fsp3) is 0.500. The monoisotopic (exact) mass is 247 g/mol. The predicted molar refractivity (Wildman–Crippen MR) is 66.0 cm³/mol. The first-order valence-electron chi connectivity index (χ1n) is 6.48. The van der Waals surface area contributed by atoms with Crippen LogP contribution in [0.2, 0.25) is 0 Å². The minimum Gasteiger partial charge on any atom is -0.447 e. The van der Waals surface area contributed by atoms with E-state index in [0.717, 1.165) is 19.3 Å². The summed E-state index contributed by atoms with van der Waals surface area (Å²) in [7, 11) is 0. The third-order valence-corrected chi connectivity index (χ3v) is 3.55. The molecule has 1 aromatic rings. The minimum absolute atomic E-state index is 0.0957. The second-order valence-corrected chi connectivity index (χ2v) is 4.73. The van der Waals surface area contributed by atoms with Gasteiger partial charge in [0.05, 0.1) is 12.6 Å². The molecule has 2 aliphatic rings. The van der Waals surface area contributed by atoms with Gasteiger partial charge >= 0.3 is 6.09 Å². The molecule has 2 heterocycles. The summed E-state index contributed by atoms with van der Waals surface area (Å²) in [5, 5.41) is 0. The molecular formula is C14H17NO3. The molecule has 4 heteroatoms.